The average molecular weight is 327 g/mol. The van der Waals surface area contributed by atoms with Gasteiger partial charge in [0.15, 0.2) is 0 Å². The van der Waals surface area contributed by atoms with Gasteiger partial charge in [-0.3, -0.25) is 4.79 Å². The van der Waals surface area contributed by atoms with Gasteiger partial charge >= 0.3 is 0 Å². The van der Waals surface area contributed by atoms with Crippen molar-refractivity contribution in [3.63, 3.8) is 0 Å². The number of nitrogens with zero attached hydrogens (tertiary/aromatic N) is 2. The highest BCUT2D eigenvalue weighted by Gasteiger charge is 2.08. The molecule has 4 heteroatoms. The molecule has 0 saturated carbocycles. The molecule has 0 aliphatic rings. The quantitative estimate of drug-likeness (QED) is 0.606. The van der Waals surface area contributed by atoms with Crippen molar-refractivity contribution in [2.75, 3.05) is 5.32 Å². The maximum atomic E-state index is 12.5. The first-order valence-electron chi connectivity index (χ1n) is 8.15. The van der Waals surface area contributed by atoms with E-state index in [0.29, 0.717) is 12.1 Å². The SMILES string of the molecule is O=C(Nc1ccccc1)c1cccc(Cn2cnc3ccccc32)c1. The van der Waals surface area contributed by atoms with Gasteiger partial charge in [-0.1, -0.05) is 42.5 Å². The molecule has 3 aromatic carbocycles. The molecule has 1 amide bonds. The number of fused-ring (bicyclic) bond motifs is 1. The second kappa shape index (κ2) is 6.61. The molecule has 0 aliphatic carbocycles. The molecule has 0 saturated heterocycles. The Kier molecular flexibility index (Phi) is 4.01. The van der Waals surface area contributed by atoms with Crippen LogP contribution in [-0.2, 0) is 6.54 Å². The van der Waals surface area contributed by atoms with Crippen molar-refractivity contribution < 1.29 is 4.79 Å². The Morgan fingerprint density at radius 3 is 2.60 bits per heavy atom. The fourth-order valence-corrected chi connectivity index (χ4v) is 2.87. The van der Waals surface area contributed by atoms with Gasteiger partial charge in [-0.2, -0.15) is 0 Å². The van der Waals surface area contributed by atoms with Crippen molar-refractivity contribution in [1.29, 1.82) is 0 Å². The summed E-state index contributed by atoms with van der Waals surface area (Å²) in [5.41, 5.74) is 4.55. The lowest BCUT2D eigenvalue weighted by Crippen LogP contribution is -2.12. The van der Waals surface area contributed by atoms with E-state index in [1.807, 2.05) is 85.2 Å². The molecule has 1 aromatic heterocycles. The average Bonchev–Trinajstić information content (AvgIpc) is 3.06. The molecule has 4 nitrogen and oxygen atoms in total. The first-order chi connectivity index (χ1) is 12.3. The third-order valence-corrected chi connectivity index (χ3v) is 4.10. The number of benzene rings is 3. The van der Waals surface area contributed by atoms with E-state index in [1.165, 1.54) is 0 Å². The van der Waals surface area contributed by atoms with Gasteiger partial charge in [0.2, 0.25) is 0 Å². The van der Waals surface area contributed by atoms with Gasteiger partial charge in [0, 0.05) is 17.8 Å². The van der Waals surface area contributed by atoms with E-state index >= 15 is 0 Å². The monoisotopic (exact) mass is 327 g/mol. The highest BCUT2D eigenvalue weighted by atomic mass is 16.1. The van der Waals surface area contributed by atoms with Crippen LogP contribution >= 0.6 is 0 Å². The van der Waals surface area contributed by atoms with Crippen LogP contribution in [0.3, 0.4) is 0 Å². The van der Waals surface area contributed by atoms with E-state index in [1.54, 1.807) is 0 Å². The van der Waals surface area contributed by atoms with E-state index in [2.05, 4.69) is 14.9 Å². The Morgan fingerprint density at radius 2 is 1.72 bits per heavy atom. The minimum absolute atomic E-state index is 0.108. The van der Waals surface area contributed by atoms with Crippen molar-refractivity contribution in [3.05, 3.63) is 96.3 Å². The van der Waals surface area contributed by atoms with Gasteiger partial charge in [0.25, 0.3) is 5.91 Å². The Balaban J connectivity index is 1.56. The zero-order chi connectivity index (χ0) is 17.1. The third-order valence-electron chi connectivity index (χ3n) is 4.10. The van der Waals surface area contributed by atoms with Crippen LogP contribution in [0.4, 0.5) is 5.69 Å². The van der Waals surface area contributed by atoms with E-state index in [9.17, 15) is 4.79 Å². The maximum Gasteiger partial charge on any atom is 0.255 e. The topological polar surface area (TPSA) is 46.9 Å². The molecule has 0 fully saturated rings. The number of hydrogen-bond donors (Lipinski definition) is 1. The number of hydrogen-bond acceptors (Lipinski definition) is 2. The molecule has 4 aromatic rings. The summed E-state index contributed by atoms with van der Waals surface area (Å²) in [5, 5.41) is 2.92. The normalized spacial score (nSPS) is 10.7. The number of anilines is 1. The van der Waals surface area contributed by atoms with Crippen LogP contribution in [0.5, 0.6) is 0 Å². The van der Waals surface area contributed by atoms with Gasteiger partial charge in [0.05, 0.1) is 17.4 Å². The summed E-state index contributed by atoms with van der Waals surface area (Å²) in [6, 6.07) is 25.2. The molecule has 0 radical (unpaired) electrons. The molecular weight excluding hydrogens is 310 g/mol. The summed E-state index contributed by atoms with van der Waals surface area (Å²) in [6.07, 6.45) is 1.83. The number of carbonyl (C=O) groups is 1. The summed E-state index contributed by atoms with van der Waals surface area (Å²) in [4.78, 5) is 16.9. The van der Waals surface area contributed by atoms with Crippen molar-refractivity contribution >= 4 is 22.6 Å². The molecule has 0 aliphatic heterocycles. The minimum atomic E-state index is -0.108. The Morgan fingerprint density at radius 1 is 0.920 bits per heavy atom. The van der Waals surface area contributed by atoms with Crippen LogP contribution in [0, 0.1) is 0 Å². The number of imidazole rings is 1. The first-order valence-corrected chi connectivity index (χ1v) is 8.15. The predicted octanol–water partition coefficient (Wildman–Crippen LogP) is 4.34. The number of amides is 1. The fourth-order valence-electron chi connectivity index (χ4n) is 2.87. The van der Waals surface area contributed by atoms with Gasteiger partial charge in [-0.15, -0.1) is 0 Å². The summed E-state index contributed by atoms with van der Waals surface area (Å²) in [6.45, 7) is 0.674. The highest BCUT2D eigenvalue weighted by molar-refractivity contribution is 6.04. The number of para-hydroxylation sites is 3. The molecule has 1 N–H and O–H groups in total. The van der Waals surface area contributed by atoms with Crippen LogP contribution in [-0.4, -0.2) is 15.5 Å². The maximum absolute atomic E-state index is 12.5. The number of rotatable bonds is 4. The lowest BCUT2D eigenvalue weighted by atomic mass is 10.1. The molecule has 0 bridgehead atoms. The number of nitrogens with one attached hydrogen (secondary N) is 1. The molecular formula is C21H17N3O. The fraction of sp³-hybridized carbons (Fsp3) is 0.0476. The van der Waals surface area contributed by atoms with Gasteiger partial charge in [-0.25, -0.2) is 4.98 Å². The molecule has 4 rings (SSSR count). The van der Waals surface area contributed by atoms with Crippen LogP contribution in [0.1, 0.15) is 15.9 Å². The van der Waals surface area contributed by atoms with Crippen LogP contribution < -0.4 is 5.32 Å². The van der Waals surface area contributed by atoms with Gasteiger partial charge < -0.3 is 9.88 Å². The summed E-state index contributed by atoms with van der Waals surface area (Å²) in [7, 11) is 0. The van der Waals surface area contributed by atoms with E-state index in [4.69, 9.17) is 0 Å². The van der Waals surface area contributed by atoms with Crippen LogP contribution in [0.15, 0.2) is 85.2 Å². The third kappa shape index (κ3) is 3.28. The Labute approximate surface area is 145 Å². The summed E-state index contributed by atoms with van der Waals surface area (Å²) >= 11 is 0. The molecule has 122 valence electrons. The smallest absolute Gasteiger partial charge is 0.255 e. The first kappa shape index (κ1) is 15.1. The zero-order valence-corrected chi connectivity index (χ0v) is 13.6. The lowest BCUT2D eigenvalue weighted by molar-refractivity contribution is 0.102. The van der Waals surface area contributed by atoms with Crippen molar-refractivity contribution in [3.8, 4) is 0 Å². The number of carbonyl (C=O) groups excluding carboxylic acids is 1. The van der Waals surface area contributed by atoms with E-state index in [0.717, 1.165) is 22.3 Å². The van der Waals surface area contributed by atoms with Crippen LogP contribution in [0.2, 0.25) is 0 Å². The van der Waals surface area contributed by atoms with Gasteiger partial charge in [0.1, 0.15) is 0 Å². The Hall–Kier alpha value is -3.40. The van der Waals surface area contributed by atoms with Crippen molar-refractivity contribution in [1.82, 2.24) is 9.55 Å². The van der Waals surface area contributed by atoms with Crippen LogP contribution in [0.25, 0.3) is 11.0 Å². The summed E-state index contributed by atoms with van der Waals surface area (Å²) < 4.78 is 2.09. The lowest BCUT2D eigenvalue weighted by Gasteiger charge is -2.08. The zero-order valence-electron chi connectivity index (χ0n) is 13.6. The van der Waals surface area contributed by atoms with Gasteiger partial charge in [-0.05, 0) is 42.0 Å². The second-order valence-corrected chi connectivity index (χ2v) is 5.88. The number of aromatic nitrogens is 2. The predicted molar refractivity (Wildman–Crippen MR) is 99.7 cm³/mol. The van der Waals surface area contributed by atoms with Crippen molar-refractivity contribution in [2.45, 2.75) is 6.54 Å². The molecule has 0 spiro atoms. The molecule has 0 atom stereocenters. The van der Waals surface area contributed by atoms with Crippen molar-refractivity contribution in [2.24, 2.45) is 0 Å². The molecule has 1 heterocycles. The second-order valence-electron chi connectivity index (χ2n) is 5.88. The largest absolute Gasteiger partial charge is 0.326 e. The van der Waals surface area contributed by atoms with E-state index < -0.39 is 0 Å². The Bertz CT molecular complexity index is 1020. The molecule has 25 heavy (non-hydrogen) atoms. The molecule has 0 unspecified atom stereocenters. The van der Waals surface area contributed by atoms with E-state index in [-0.39, 0.29) is 5.91 Å². The standard InChI is InChI=1S/C21H17N3O/c25-21(23-18-9-2-1-3-10-18)17-8-6-7-16(13-17)14-24-15-22-19-11-4-5-12-20(19)24/h1-13,15H,14H2,(H,23,25). The highest BCUT2D eigenvalue weighted by Crippen LogP contribution is 2.15. The minimum Gasteiger partial charge on any atom is -0.326 e. The summed E-state index contributed by atoms with van der Waals surface area (Å²) in [5.74, 6) is -0.108.